The Labute approximate surface area is 192 Å². The number of para-hydroxylation sites is 1. The molecule has 9 heteroatoms. The lowest BCUT2D eigenvalue weighted by molar-refractivity contribution is -0.112. The van der Waals surface area contributed by atoms with Crippen molar-refractivity contribution in [3.8, 4) is 22.6 Å². The van der Waals surface area contributed by atoms with Crippen LogP contribution in [0.15, 0.2) is 79.3 Å². The molecule has 1 amide bonds. The highest BCUT2D eigenvalue weighted by Gasteiger charge is 2.20. The standard InChI is InChI=1S/C25H17N7O2/c33-23(19-12-26-20-7-2-1-6-17(19)20)25(34)29-16-5-3-4-14(10-16)22-18-11-15(24-27-13-28-32-24)8-9-21(18)30-31-22/h1-13,26H,(H,29,34)(H,30,31)(H,27,28,32). The maximum atomic E-state index is 12.8. The van der Waals surface area contributed by atoms with Crippen LogP contribution in [0.5, 0.6) is 0 Å². The maximum Gasteiger partial charge on any atom is 0.296 e. The summed E-state index contributed by atoms with van der Waals surface area (Å²) in [5.74, 6) is -0.726. The van der Waals surface area contributed by atoms with Crippen LogP contribution < -0.4 is 5.32 Å². The van der Waals surface area contributed by atoms with Crippen molar-refractivity contribution in [1.82, 2.24) is 30.4 Å². The molecular formula is C25H17N7O2. The monoisotopic (exact) mass is 447 g/mol. The minimum absolute atomic E-state index is 0.335. The topological polar surface area (TPSA) is 132 Å². The van der Waals surface area contributed by atoms with Gasteiger partial charge in [-0.15, -0.1) is 0 Å². The number of amides is 1. The minimum Gasteiger partial charge on any atom is -0.360 e. The normalized spacial score (nSPS) is 11.2. The summed E-state index contributed by atoms with van der Waals surface area (Å²) >= 11 is 0. The van der Waals surface area contributed by atoms with E-state index in [1.54, 1.807) is 24.4 Å². The highest BCUT2D eigenvalue weighted by molar-refractivity contribution is 6.48. The number of rotatable bonds is 5. The van der Waals surface area contributed by atoms with Gasteiger partial charge in [-0.1, -0.05) is 30.3 Å². The first-order valence-electron chi connectivity index (χ1n) is 10.5. The van der Waals surface area contributed by atoms with E-state index < -0.39 is 11.7 Å². The van der Waals surface area contributed by atoms with Crippen LogP contribution in [-0.4, -0.2) is 42.1 Å². The molecule has 4 N–H and O–H groups in total. The zero-order valence-corrected chi connectivity index (χ0v) is 17.7. The van der Waals surface area contributed by atoms with E-state index in [9.17, 15) is 9.59 Å². The number of aromatic amines is 3. The second-order valence-corrected chi connectivity index (χ2v) is 7.77. The minimum atomic E-state index is -0.708. The number of fused-ring (bicyclic) bond motifs is 2. The highest BCUT2D eigenvalue weighted by atomic mass is 16.2. The Morgan fingerprint density at radius 2 is 1.74 bits per heavy atom. The SMILES string of the molecule is O=C(Nc1cccc(-c2n[nH]c3ccc(-c4nc[nH]n4)cc23)c1)C(=O)c1c[nH]c2ccccc12. The molecule has 6 aromatic rings. The number of ketones is 1. The molecule has 0 saturated carbocycles. The molecule has 0 unspecified atom stereocenters. The lowest BCUT2D eigenvalue weighted by atomic mass is 10.0. The predicted molar refractivity (Wildman–Crippen MR) is 128 cm³/mol. The zero-order valence-electron chi connectivity index (χ0n) is 17.7. The Morgan fingerprint density at radius 1 is 0.824 bits per heavy atom. The fourth-order valence-corrected chi connectivity index (χ4v) is 4.03. The summed E-state index contributed by atoms with van der Waals surface area (Å²) < 4.78 is 0. The Hall–Kier alpha value is -5.05. The van der Waals surface area contributed by atoms with E-state index in [4.69, 9.17) is 0 Å². The van der Waals surface area contributed by atoms with Gasteiger partial charge in [0, 0.05) is 39.3 Å². The Kier molecular flexibility index (Phi) is 4.51. The number of hydrogen-bond acceptors (Lipinski definition) is 5. The van der Waals surface area contributed by atoms with Gasteiger partial charge in [-0.2, -0.15) is 10.2 Å². The smallest absolute Gasteiger partial charge is 0.296 e. The van der Waals surface area contributed by atoms with Gasteiger partial charge in [-0.05, 0) is 36.4 Å². The molecule has 0 aliphatic heterocycles. The van der Waals surface area contributed by atoms with Crippen molar-refractivity contribution in [3.63, 3.8) is 0 Å². The summed E-state index contributed by atoms with van der Waals surface area (Å²) in [5, 5.41) is 18.7. The number of aromatic nitrogens is 6. The molecule has 0 aliphatic rings. The Bertz CT molecular complexity index is 1680. The first-order chi connectivity index (χ1) is 16.7. The lowest BCUT2D eigenvalue weighted by Crippen LogP contribution is -2.22. The van der Waals surface area contributed by atoms with Crippen LogP contribution in [0.25, 0.3) is 44.5 Å². The second-order valence-electron chi connectivity index (χ2n) is 7.77. The van der Waals surface area contributed by atoms with Crippen LogP contribution in [-0.2, 0) is 4.79 Å². The van der Waals surface area contributed by atoms with Crippen LogP contribution in [0.2, 0.25) is 0 Å². The van der Waals surface area contributed by atoms with Gasteiger partial charge >= 0.3 is 0 Å². The number of Topliss-reactive ketones (excluding diaryl/α,β-unsaturated/α-hetero) is 1. The van der Waals surface area contributed by atoms with Crippen LogP contribution in [0.1, 0.15) is 10.4 Å². The number of nitrogens with zero attached hydrogens (tertiary/aromatic N) is 3. The van der Waals surface area contributed by atoms with Crippen molar-refractivity contribution in [2.75, 3.05) is 5.32 Å². The number of anilines is 1. The van der Waals surface area contributed by atoms with Crippen LogP contribution in [0.4, 0.5) is 5.69 Å². The number of carbonyl (C=O) groups excluding carboxylic acids is 2. The Balaban J connectivity index is 1.30. The fourth-order valence-electron chi connectivity index (χ4n) is 4.03. The second kappa shape index (κ2) is 7.82. The lowest BCUT2D eigenvalue weighted by Gasteiger charge is -2.06. The van der Waals surface area contributed by atoms with Gasteiger partial charge in [0.25, 0.3) is 11.7 Å². The molecule has 0 atom stereocenters. The largest absolute Gasteiger partial charge is 0.360 e. The third-order valence-corrected chi connectivity index (χ3v) is 5.67. The van der Waals surface area contributed by atoms with Crippen LogP contribution in [0, 0.1) is 0 Å². The Morgan fingerprint density at radius 3 is 2.62 bits per heavy atom. The van der Waals surface area contributed by atoms with Gasteiger partial charge in [-0.3, -0.25) is 19.8 Å². The molecule has 164 valence electrons. The van der Waals surface area contributed by atoms with Gasteiger partial charge in [-0.25, -0.2) is 4.98 Å². The van der Waals surface area contributed by atoms with Gasteiger partial charge in [0.2, 0.25) is 0 Å². The number of nitrogens with one attached hydrogen (secondary N) is 4. The molecule has 0 aliphatic carbocycles. The highest BCUT2D eigenvalue weighted by Crippen LogP contribution is 2.30. The molecule has 0 spiro atoms. The fraction of sp³-hybridized carbons (Fsp3) is 0. The average molecular weight is 447 g/mol. The predicted octanol–water partition coefficient (Wildman–Crippen LogP) is 4.32. The molecule has 9 nitrogen and oxygen atoms in total. The molecule has 3 heterocycles. The quantitative estimate of drug-likeness (QED) is 0.231. The van der Waals surface area contributed by atoms with E-state index in [-0.39, 0.29) is 0 Å². The van der Waals surface area contributed by atoms with Crippen molar-refractivity contribution < 1.29 is 9.59 Å². The van der Waals surface area contributed by atoms with Gasteiger partial charge < -0.3 is 10.3 Å². The molecule has 0 bridgehead atoms. The number of hydrogen-bond donors (Lipinski definition) is 4. The molecule has 3 aromatic heterocycles. The molecule has 0 saturated heterocycles. The first-order valence-corrected chi connectivity index (χ1v) is 10.5. The summed E-state index contributed by atoms with van der Waals surface area (Å²) in [6.45, 7) is 0. The summed E-state index contributed by atoms with van der Waals surface area (Å²) in [7, 11) is 0. The average Bonchev–Trinajstić information content (AvgIpc) is 3.63. The molecule has 0 radical (unpaired) electrons. The van der Waals surface area contributed by atoms with E-state index >= 15 is 0 Å². The first kappa shape index (κ1) is 19.6. The molecule has 6 rings (SSSR count). The van der Waals surface area contributed by atoms with Crippen molar-refractivity contribution >= 4 is 39.2 Å². The van der Waals surface area contributed by atoms with Crippen molar-refractivity contribution in [1.29, 1.82) is 0 Å². The number of carbonyl (C=O) groups is 2. The number of H-pyrrole nitrogens is 3. The van der Waals surface area contributed by atoms with E-state index in [2.05, 4.69) is 35.7 Å². The van der Waals surface area contributed by atoms with Crippen molar-refractivity contribution in [2.24, 2.45) is 0 Å². The number of benzene rings is 3. The van der Waals surface area contributed by atoms with Crippen molar-refractivity contribution in [2.45, 2.75) is 0 Å². The molecular weight excluding hydrogens is 430 g/mol. The molecule has 34 heavy (non-hydrogen) atoms. The van der Waals surface area contributed by atoms with Crippen LogP contribution in [0.3, 0.4) is 0 Å². The van der Waals surface area contributed by atoms with E-state index in [1.165, 1.54) is 6.33 Å². The van der Waals surface area contributed by atoms with E-state index in [1.807, 2.05) is 48.5 Å². The molecule has 0 fully saturated rings. The summed E-state index contributed by atoms with van der Waals surface area (Å²) in [4.78, 5) is 32.8. The van der Waals surface area contributed by atoms with Gasteiger partial charge in [0.05, 0.1) is 16.8 Å². The van der Waals surface area contributed by atoms with E-state index in [0.29, 0.717) is 28.2 Å². The van der Waals surface area contributed by atoms with Crippen LogP contribution >= 0.6 is 0 Å². The summed E-state index contributed by atoms with van der Waals surface area (Å²) in [6, 6.07) is 20.4. The summed E-state index contributed by atoms with van der Waals surface area (Å²) in [5.41, 5.74) is 4.85. The van der Waals surface area contributed by atoms with Gasteiger partial charge in [0.15, 0.2) is 5.82 Å². The third-order valence-electron chi connectivity index (χ3n) is 5.67. The maximum absolute atomic E-state index is 12.8. The van der Waals surface area contributed by atoms with Crippen molar-refractivity contribution in [3.05, 3.63) is 84.8 Å². The third kappa shape index (κ3) is 3.32. The van der Waals surface area contributed by atoms with Gasteiger partial charge in [0.1, 0.15) is 6.33 Å². The zero-order chi connectivity index (χ0) is 23.1. The molecule has 3 aromatic carbocycles. The summed E-state index contributed by atoms with van der Waals surface area (Å²) in [6.07, 6.45) is 3.09. The van der Waals surface area contributed by atoms with E-state index in [0.717, 1.165) is 27.5 Å².